The Balaban J connectivity index is 1.43. The van der Waals surface area contributed by atoms with Crippen LogP contribution in [0.3, 0.4) is 0 Å². The average molecular weight is 333 g/mol. The summed E-state index contributed by atoms with van der Waals surface area (Å²) in [6.07, 6.45) is 1.68. The Labute approximate surface area is 144 Å². The number of nitrogens with zero attached hydrogens (tertiary/aromatic N) is 5. The van der Waals surface area contributed by atoms with Gasteiger partial charge in [0.1, 0.15) is 0 Å². The van der Waals surface area contributed by atoms with E-state index in [1.165, 1.54) is 0 Å². The van der Waals surface area contributed by atoms with Crippen LogP contribution in [0.15, 0.2) is 47.0 Å². The van der Waals surface area contributed by atoms with E-state index in [9.17, 15) is 4.79 Å². The lowest BCUT2D eigenvalue weighted by molar-refractivity contribution is 0.0745. The van der Waals surface area contributed by atoms with E-state index in [2.05, 4.69) is 16.0 Å². The number of aromatic nitrogens is 2. The van der Waals surface area contributed by atoms with Crippen LogP contribution in [0.25, 0.3) is 11.2 Å². The Bertz CT molecular complexity index is 917. The molecule has 0 N–H and O–H groups in total. The zero-order valence-corrected chi connectivity index (χ0v) is 13.4. The summed E-state index contributed by atoms with van der Waals surface area (Å²) in [5.74, 6) is -0.0247. The molecule has 4 rings (SSSR count). The fourth-order valence-electron chi connectivity index (χ4n) is 2.86. The largest absolute Gasteiger partial charge is 0.422 e. The number of rotatable bonds is 2. The molecule has 1 aliphatic rings. The van der Waals surface area contributed by atoms with Crippen LogP contribution in [0, 0.1) is 11.3 Å². The van der Waals surface area contributed by atoms with E-state index in [4.69, 9.17) is 9.68 Å². The van der Waals surface area contributed by atoms with Gasteiger partial charge in [0.25, 0.3) is 11.9 Å². The van der Waals surface area contributed by atoms with Crippen LogP contribution in [0.1, 0.15) is 15.9 Å². The summed E-state index contributed by atoms with van der Waals surface area (Å²) in [4.78, 5) is 25.0. The van der Waals surface area contributed by atoms with Gasteiger partial charge in [-0.3, -0.25) is 4.79 Å². The second kappa shape index (κ2) is 6.24. The topological polar surface area (TPSA) is 86.3 Å². The molecule has 0 saturated carbocycles. The number of carbonyl (C=O) groups is 1. The van der Waals surface area contributed by atoms with Crippen molar-refractivity contribution in [3.63, 3.8) is 0 Å². The summed E-state index contributed by atoms with van der Waals surface area (Å²) in [6, 6.07) is 13.0. The smallest absolute Gasteiger partial charge is 0.300 e. The Morgan fingerprint density at radius 2 is 1.88 bits per heavy atom. The van der Waals surface area contributed by atoms with Crippen molar-refractivity contribution in [2.24, 2.45) is 0 Å². The first-order chi connectivity index (χ1) is 12.2. The maximum Gasteiger partial charge on any atom is 0.300 e. The minimum Gasteiger partial charge on any atom is -0.422 e. The first-order valence-corrected chi connectivity index (χ1v) is 8.00. The molecule has 7 nitrogen and oxygen atoms in total. The van der Waals surface area contributed by atoms with Gasteiger partial charge in [0.2, 0.25) is 5.65 Å². The molecule has 3 heterocycles. The van der Waals surface area contributed by atoms with Crippen molar-refractivity contribution < 1.29 is 9.21 Å². The van der Waals surface area contributed by atoms with E-state index in [-0.39, 0.29) is 5.91 Å². The molecule has 0 atom stereocenters. The van der Waals surface area contributed by atoms with Gasteiger partial charge in [-0.25, -0.2) is 4.98 Å². The molecule has 0 radical (unpaired) electrons. The van der Waals surface area contributed by atoms with Gasteiger partial charge < -0.3 is 14.2 Å². The van der Waals surface area contributed by atoms with Crippen LogP contribution in [0.4, 0.5) is 6.01 Å². The molecule has 2 aromatic heterocycles. The van der Waals surface area contributed by atoms with Crippen molar-refractivity contribution in [3.8, 4) is 6.07 Å². The number of hydrogen-bond donors (Lipinski definition) is 0. The second-order valence-corrected chi connectivity index (χ2v) is 5.79. The molecule has 0 bridgehead atoms. The lowest BCUT2D eigenvalue weighted by atomic mass is 10.1. The molecule has 1 aliphatic heterocycles. The van der Waals surface area contributed by atoms with Crippen molar-refractivity contribution in [1.82, 2.24) is 14.9 Å². The molecule has 1 amide bonds. The van der Waals surface area contributed by atoms with Crippen molar-refractivity contribution in [1.29, 1.82) is 5.26 Å². The van der Waals surface area contributed by atoms with Gasteiger partial charge in [0, 0.05) is 37.9 Å². The molecule has 0 spiro atoms. The number of piperazine rings is 1. The van der Waals surface area contributed by atoms with Crippen LogP contribution < -0.4 is 4.90 Å². The van der Waals surface area contributed by atoms with Crippen molar-refractivity contribution >= 4 is 23.2 Å². The zero-order valence-electron chi connectivity index (χ0n) is 13.4. The Hall–Kier alpha value is -3.40. The van der Waals surface area contributed by atoms with Gasteiger partial charge in [0.15, 0.2) is 5.58 Å². The van der Waals surface area contributed by atoms with E-state index >= 15 is 0 Å². The van der Waals surface area contributed by atoms with Gasteiger partial charge in [-0.1, -0.05) is 0 Å². The highest BCUT2D eigenvalue weighted by molar-refractivity contribution is 5.94. The third-order valence-electron chi connectivity index (χ3n) is 4.25. The predicted octanol–water partition coefficient (Wildman–Crippen LogP) is 2.06. The fraction of sp³-hybridized carbons (Fsp3) is 0.222. The maximum absolute atomic E-state index is 12.6. The SMILES string of the molecule is N#Cc1ccc(C(=O)N2CCN(c3nc4ncccc4o3)CC2)cc1. The first-order valence-electron chi connectivity index (χ1n) is 8.00. The lowest BCUT2D eigenvalue weighted by Gasteiger charge is -2.33. The molecule has 3 aromatic rings. The van der Waals surface area contributed by atoms with Crippen LogP contribution in [-0.4, -0.2) is 47.0 Å². The van der Waals surface area contributed by atoms with E-state index in [0.29, 0.717) is 54.6 Å². The molecule has 1 saturated heterocycles. The second-order valence-electron chi connectivity index (χ2n) is 5.79. The van der Waals surface area contributed by atoms with Gasteiger partial charge in [-0.15, -0.1) is 0 Å². The minimum atomic E-state index is -0.0247. The third kappa shape index (κ3) is 2.90. The number of amides is 1. The predicted molar refractivity (Wildman–Crippen MR) is 91.1 cm³/mol. The van der Waals surface area contributed by atoms with Crippen LogP contribution in [-0.2, 0) is 0 Å². The summed E-state index contributed by atoms with van der Waals surface area (Å²) in [7, 11) is 0. The molecule has 124 valence electrons. The zero-order chi connectivity index (χ0) is 17.2. The molecule has 1 fully saturated rings. The molecule has 1 aromatic carbocycles. The summed E-state index contributed by atoms with van der Waals surface area (Å²) in [5, 5.41) is 8.84. The highest BCUT2D eigenvalue weighted by Crippen LogP contribution is 2.21. The van der Waals surface area contributed by atoms with Gasteiger partial charge in [-0.05, 0) is 36.4 Å². The van der Waals surface area contributed by atoms with E-state index < -0.39 is 0 Å². The number of benzene rings is 1. The van der Waals surface area contributed by atoms with E-state index in [0.717, 1.165) is 0 Å². The summed E-state index contributed by atoms with van der Waals surface area (Å²) < 4.78 is 5.73. The van der Waals surface area contributed by atoms with Crippen LogP contribution in [0.2, 0.25) is 0 Å². The quantitative estimate of drug-likeness (QED) is 0.713. The maximum atomic E-state index is 12.6. The van der Waals surface area contributed by atoms with E-state index in [1.54, 1.807) is 35.4 Å². The molecule has 7 heteroatoms. The number of nitriles is 1. The Morgan fingerprint density at radius 1 is 1.12 bits per heavy atom. The number of pyridine rings is 1. The van der Waals surface area contributed by atoms with Crippen molar-refractivity contribution in [2.75, 3.05) is 31.1 Å². The normalized spacial score (nSPS) is 14.5. The number of carbonyl (C=O) groups excluding carboxylic acids is 1. The summed E-state index contributed by atoms with van der Waals surface area (Å²) in [6.45, 7) is 2.47. The first kappa shape index (κ1) is 15.1. The third-order valence-corrected chi connectivity index (χ3v) is 4.25. The van der Waals surface area contributed by atoms with Crippen LogP contribution >= 0.6 is 0 Å². The molecular weight excluding hydrogens is 318 g/mol. The molecule has 25 heavy (non-hydrogen) atoms. The van der Waals surface area contributed by atoms with Crippen LogP contribution in [0.5, 0.6) is 0 Å². The monoisotopic (exact) mass is 333 g/mol. The minimum absolute atomic E-state index is 0.0247. The lowest BCUT2D eigenvalue weighted by Crippen LogP contribution is -2.48. The van der Waals surface area contributed by atoms with E-state index in [1.807, 2.05) is 17.0 Å². The molecule has 0 aliphatic carbocycles. The van der Waals surface area contributed by atoms with Gasteiger partial charge in [-0.2, -0.15) is 10.2 Å². The number of fused-ring (bicyclic) bond motifs is 1. The van der Waals surface area contributed by atoms with Gasteiger partial charge >= 0.3 is 0 Å². The Morgan fingerprint density at radius 3 is 2.56 bits per heavy atom. The summed E-state index contributed by atoms with van der Waals surface area (Å²) in [5.41, 5.74) is 2.40. The van der Waals surface area contributed by atoms with Gasteiger partial charge in [0.05, 0.1) is 11.6 Å². The highest BCUT2D eigenvalue weighted by atomic mass is 16.4. The Kier molecular flexibility index (Phi) is 3.78. The number of oxazole rings is 1. The fourth-order valence-corrected chi connectivity index (χ4v) is 2.86. The summed E-state index contributed by atoms with van der Waals surface area (Å²) >= 11 is 0. The number of hydrogen-bond acceptors (Lipinski definition) is 6. The van der Waals surface area contributed by atoms with Crippen molar-refractivity contribution in [3.05, 3.63) is 53.7 Å². The average Bonchev–Trinajstić information content (AvgIpc) is 3.12. The standard InChI is InChI=1S/C18H15N5O2/c19-12-13-3-5-14(6-4-13)17(24)22-8-10-23(11-9-22)18-21-16-15(25-18)2-1-7-20-16/h1-7H,8-11H2. The molecular formula is C18H15N5O2. The number of anilines is 1. The molecule has 0 unspecified atom stereocenters. The highest BCUT2D eigenvalue weighted by Gasteiger charge is 2.24. The van der Waals surface area contributed by atoms with Crippen molar-refractivity contribution in [2.45, 2.75) is 0 Å².